The van der Waals surface area contributed by atoms with Crippen molar-refractivity contribution in [1.82, 2.24) is 0 Å². The van der Waals surface area contributed by atoms with E-state index < -0.39 is 0 Å². The SMILES string of the molecule is COc1ccc(CC[NH+](C)CC(=O)Nc2sccc2C#N)cc1OC. The molecule has 0 aliphatic heterocycles. The van der Waals surface area contributed by atoms with E-state index in [1.807, 2.05) is 25.2 Å². The van der Waals surface area contributed by atoms with Crippen LogP contribution in [0.15, 0.2) is 29.6 Å². The van der Waals surface area contributed by atoms with Gasteiger partial charge in [-0.25, -0.2) is 0 Å². The molecular weight excluding hydrogens is 338 g/mol. The molecule has 0 saturated carbocycles. The molecule has 1 aromatic carbocycles. The molecule has 0 bridgehead atoms. The second-order valence-electron chi connectivity index (χ2n) is 5.65. The fourth-order valence-electron chi connectivity index (χ4n) is 2.42. The maximum atomic E-state index is 12.1. The maximum absolute atomic E-state index is 12.1. The highest BCUT2D eigenvalue weighted by Crippen LogP contribution is 2.27. The highest BCUT2D eigenvalue weighted by Gasteiger charge is 2.13. The number of amides is 1. The number of methoxy groups -OCH3 is 2. The van der Waals surface area contributed by atoms with Crippen LogP contribution in [0.3, 0.4) is 0 Å². The van der Waals surface area contributed by atoms with Crippen LogP contribution in [0.25, 0.3) is 0 Å². The van der Waals surface area contributed by atoms with E-state index in [1.54, 1.807) is 25.7 Å². The number of quaternary nitrogens is 1. The fraction of sp³-hybridized carbons (Fsp3) is 0.333. The predicted octanol–water partition coefficient (Wildman–Crippen LogP) is 1.33. The lowest BCUT2D eigenvalue weighted by Gasteiger charge is -2.14. The second-order valence-corrected chi connectivity index (χ2v) is 6.56. The van der Waals surface area contributed by atoms with Gasteiger partial charge in [-0.2, -0.15) is 5.26 Å². The smallest absolute Gasteiger partial charge is 0.280 e. The van der Waals surface area contributed by atoms with Gasteiger partial charge >= 0.3 is 0 Å². The van der Waals surface area contributed by atoms with E-state index in [-0.39, 0.29) is 5.91 Å². The quantitative estimate of drug-likeness (QED) is 0.745. The van der Waals surface area contributed by atoms with Crippen molar-refractivity contribution in [2.45, 2.75) is 6.42 Å². The topological polar surface area (TPSA) is 75.8 Å². The first-order valence-electron chi connectivity index (χ1n) is 7.87. The number of carbonyl (C=O) groups excluding carboxylic acids is 1. The Kier molecular flexibility index (Phi) is 6.81. The lowest BCUT2D eigenvalue weighted by molar-refractivity contribution is -0.870. The van der Waals surface area contributed by atoms with Crippen LogP contribution in [0.2, 0.25) is 0 Å². The molecule has 2 rings (SSSR count). The Balaban J connectivity index is 1.85. The summed E-state index contributed by atoms with van der Waals surface area (Å²) in [6.45, 7) is 1.15. The summed E-state index contributed by atoms with van der Waals surface area (Å²) in [5.41, 5.74) is 1.63. The lowest BCUT2D eigenvalue weighted by atomic mass is 10.1. The molecule has 1 heterocycles. The van der Waals surface area contributed by atoms with Crippen LogP contribution in [0.4, 0.5) is 5.00 Å². The normalized spacial score (nSPS) is 11.4. The minimum atomic E-state index is -0.0937. The van der Waals surface area contributed by atoms with Crippen molar-refractivity contribution in [1.29, 1.82) is 5.26 Å². The van der Waals surface area contributed by atoms with Gasteiger partial charge < -0.3 is 19.7 Å². The Morgan fingerprint density at radius 1 is 1.28 bits per heavy atom. The number of nitriles is 1. The molecule has 6 nitrogen and oxygen atoms in total. The van der Waals surface area contributed by atoms with Gasteiger partial charge in [0.2, 0.25) is 0 Å². The summed E-state index contributed by atoms with van der Waals surface area (Å²) < 4.78 is 10.5. The van der Waals surface area contributed by atoms with Crippen molar-refractivity contribution in [3.8, 4) is 17.6 Å². The molecule has 1 aromatic heterocycles. The Morgan fingerprint density at radius 2 is 2.04 bits per heavy atom. The number of benzene rings is 1. The van der Waals surface area contributed by atoms with Crippen LogP contribution in [0.5, 0.6) is 11.5 Å². The molecule has 2 N–H and O–H groups in total. The third-order valence-electron chi connectivity index (χ3n) is 3.79. The van der Waals surface area contributed by atoms with E-state index in [9.17, 15) is 4.79 Å². The summed E-state index contributed by atoms with van der Waals surface area (Å²) in [5, 5.41) is 14.2. The number of carbonyl (C=O) groups is 1. The average molecular weight is 360 g/mol. The number of rotatable bonds is 8. The summed E-state index contributed by atoms with van der Waals surface area (Å²) in [4.78, 5) is 13.2. The molecule has 25 heavy (non-hydrogen) atoms. The molecule has 132 valence electrons. The summed E-state index contributed by atoms with van der Waals surface area (Å²) >= 11 is 1.36. The number of nitrogens with zero attached hydrogens (tertiary/aromatic N) is 1. The minimum Gasteiger partial charge on any atom is -0.493 e. The standard InChI is InChI=1S/C18H21N3O3S/c1-21(12-17(22)20-18-14(11-19)7-9-25-18)8-6-13-4-5-15(23-2)16(10-13)24-3/h4-5,7,9-10H,6,8,12H2,1-3H3,(H,20,22)/p+1. The molecule has 1 atom stereocenters. The van der Waals surface area contributed by atoms with Gasteiger partial charge in [0.05, 0.1) is 33.4 Å². The van der Waals surface area contributed by atoms with Crippen molar-refractivity contribution < 1.29 is 19.2 Å². The largest absolute Gasteiger partial charge is 0.493 e. The number of ether oxygens (including phenoxy) is 2. The molecule has 1 unspecified atom stereocenters. The van der Waals surface area contributed by atoms with Crippen LogP contribution in [-0.4, -0.2) is 40.3 Å². The predicted molar refractivity (Wildman–Crippen MR) is 97.5 cm³/mol. The zero-order valence-electron chi connectivity index (χ0n) is 14.6. The summed E-state index contributed by atoms with van der Waals surface area (Å²) in [6.07, 6.45) is 0.821. The maximum Gasteiger partial charge on any atom is 0.280 e. The van der Waals surface area contributed by atoms with Gasteiger partial charge in [-0.1, -0.05) is 6.07 Å². The van der Waals surface area contributed by atoms with E-state index in [0.29, 0.717) is 28.6 Å². The van der Waals surface area contributed by atoms with E-state index >= 15 is 0 Å². The Bertz CT molecular complexity index is 767. The fourth-order valence-corrected chi connectivity index (χ4v) is 3.17. The zero-order valence-corrected chi connectivity index (χ0v) is 15.4. The third kappa shape index (κ3) is 5.21. The summed E-state index contributed by atoms with van der Waals surface area (Å²) in [6, 6.07) is 9.61. The lowest BCUT2D eigenvalue weighted by Crippen LogP contribution is -3.10. The first-order chi connectivity index (χ1) is 12.1. The molecule has 0 aliphatic carbocycles. The minimum absolute atomic E-state index is 0.0937. The van der Waals surface area contributed by atoms with Gasteiger partial charge in [0.1, 0.15) is 11.1 Å². The molecule has 0 radical (unpaired) electrons. The molecule has 7 heteroatoms. The molecule has 1 amide bonds. The van der Waals surface area contributed by atoms with Gasteiger partial charge in [0.25, 0.3) is 5.91 Å². The Labute approximate surface area is 151 Å². The molecule has 0 saturated heterocycles. The number of thiophene rings is 1. The number of anilines is 1. The average Bonchev–Trinajstić information content (AvgIpc) is 3.06. The van der Waals surface area contributed by atoms with E-state index in [2.05, 4.69) is 11.4 Å². The van der Waals surface area contributed by atoms with Crippen LogP contribution in [0, 0.1) is 11.3 Å². The Hall–Kier alpha value is -2.56. The van der Waals surface area contributed by atoms with Crippen molar-refractivity contribution >= 4 is 22.2 Å². The van der Waals surface area contributed by atoms with Gasteiger partial charge in [0, 0.05) is 6.42 Å². The third-order valence-corrected chi connectivity index (χ3v) is 4.62. The van der Waals surface area contributed by atoms with Crippen molar-refractivity contribution in [2.75, 3.05) is 39.7 Å². The molecular formula is C18H22N3O3S+. The highest BCUT2D eigenvalue weighted by molar-refractivity contribution is 7.14. The van der Waals surface area contributed by atoms with Crippen LogP contribution >= 0.6 is 11.3 Å². The number of likely N-dealkylation sites (N-methyl/N-ethyl adjacent to an activating group) is 1. The van der Waals surface area contributed by atoms with Gasteiger partial charge in [-0.15, -0.1) is 11.3 Å². The van der Waals surface area contributed by atoms with Crippen LogP contribution in [-0.2, 0) is 11.2 Å². The molecule has 0 aliphatic rings. The van der Waals surface area contributed by atoms with E-state index in [4.69, 9.17) is 14.7 Å². The zero-order chi connectivity index (χ0) is 18.2. The van der Waals surface area contributed by atoms with Gasteiger partial charge in [0.15, 0.2) is 18.0 Å². The van der Waals surface area contributed by atoms with Crippen molar-refractivity contribution in [2.24, 2.45) is 0 Å². The first kappa shape index (κ1) is 18.8. The number of nitrogens with one attached hydrogen (secondary N) is 2. The first-order valence-corrected chi connectivity index (χ1v) is 8.75. The van der Waals surface area contributed by atoms with Crippen LogP contribution in [0.1, 0.15) is 11.1 Å². The van der Waals surface area contributed by atoms with E-state index in [1.165, 1.54) is 11.3 Å². The highest BCUT2D eigenvalue weighted by atomic mass is 32.1. The van der Waals surface area contributed by atoms with Gasteiger partial charge in [-0.05, 0) is 29.1 Å². The Morgan fingerprint density at radius 3 is 2.72 bits per heavy atom. The van der Waals surface area contributed by atoms with E-state index in [0.717, 1.165) is 23.4 Å². The molecule has 2 aromatic rings. The van der Waals surface area contributed by atoms with Gasteiger partial charge in [-0.3, -0.25) is 4.79 Å². The second kappa shape index (κ2) is 9.06. The van der Waals surface area contributed by atoms with Crippen LogP contribution < -0.4 is 19.7 Å². The number of hydrogen-bond acceptors (Lipinski definition) is 5. The number of hydrogen-bond donors (Lipinski definition) is 2. The summed E-state index contributed by atoms with van der Waals surface area (Å²) in [5.74, 6) is 1.32. The molecule has 0 spiro atoms. The monoisotopic (exact) mass is 360 g/mol. The van der Waals surface area contributed by atoms with Crippen molar-refractivity contribution in [3.05, 3.63) is 40.8 Å². The summed E-state index contributed by atoms with van der Waals surface area (Å²) in [7, 11) is 5.20. The van der Waals surface area contributed by atoms with Crippen molar-refractivity contribution in [3.63, 3.8) is 0 Å². The molecule has 0 fully saturated rings.